The number of rotatable bonds is 0. The summed E-state index contributed by atoms with van der Waals surface area (Å²) < 4.78 is 0. The van der Waals surface area contributed by atoms with Crippen LogP contribution >= 0.6 is 0 Å². The molecule has 0 aromatic heterocycles. The fraction of sp³-hybridized carbons (Fsp3) is 1.00. The largest absolute Gasteiger partial charge is 2.00 e. The van der Waals surface area contributed by atoms with Gasteiger partial charge in [0, 0.05) is 0 Å². The topological polar surface area (TPSA) is 20.2 Å². The molecule has 0 bridgehead atoms. The molecule has 0 heterocycles. The first-order valence-corrected chi connectivity index (χ1v) is 1.72. The summed E-state index contributed by atoms with van der Waals surface area (Å²) >= 11 is 0. The van der Waals surface area contributed by atoms with Crippen LogP contribution in [0.15, 0.2) is 0 Å². The van der Waals surface area contributed by atoms with Gasteiger partial charge in [-0.2, -0.15) is 0 Å². The molecule has 0 aliphatic carbocycles. The van der Waals surface area contributed by atoms with Crippen LogP contribution < -0.4 is 9.41 Å². The standard InChI is InChI=1S/C4H10O.2FH.Mg/c1-4(2,3)5;;;/h5H,1-3H3;2*1H;/q;;;+2/p-2. The zero-order valence-electron chi connectivity index (χ0n) is 5.41. The Labute approximate surface area is 64.4 Å². The Kier molecular flexibility index (Phi) is 22.3. The first-order chi connectivity index (χ1) is 2.00. The summed E-state index contributed by atoms with van der Waals surface area (Å²) in [5.74, 6) is 0. The summed E-state index contributed by atoms with van der Waals surface area (Å²) in [7, 11) is 0. The Bertz CT molecular complexity index is 29.5. The minimum absolute atomic E-state index is 0. The Balaban J connectivity index is -0.0000000267. The van der Waals surface area contributed by atoms with Gasteiger partial charge in [0.05, 0.1) is 5.60 Å². The minimum Gasteiger partial charge on any atom is -1.00 e. The predicted octanol–water partition coefficient (Wildman–Crippen LogP) is -5.60. The van der Waals surface area contributed by atoms with Crippen LogP contribution in [0, 0.1) is 0 Å². The fourth-order valence-corrected chi connectivity index (χ4v) is 0. The van der Waals surface area contributed by atoms with Crippen molar-refractivity contribution in [2.24, 2.45) is 0 Å². The van der Waals surface area contributed by atoms with E-state index in [1.807, 2.05) is 0 Å². The molecule has 0 atom stereocenters. The number of hydrogen-bond acceptors (Lipinski definition) is 1. The van der Waals surface area contributed by atoms with E-state index in [4.69, 9.17) is 5.11 Å². The van der Waals surface area contributed by atoms with Gasteiger partial charge in [-0.05, 0) is 20.8 Å². The maximum atomic E-state index is 8.52. The van der Waals surface area contributed by atoms with Crippen LogP contribution in [0.3, 0.4) is 0 Å². The van der Waals surface area contributed by atoms with Crippen molar-refractivity contribution < 1.29 is 14.5 Å². The van der Waals surface area contributed by atoms with Gasteiger partial charge in [-0.15, -0.1) is 0 Å². The van der Waals surface area contributed by atoms with Gasteiger partial charge in [-0.1, -0.05) is 0 Å². The number of hydrogen-bond donors (Lipinski definition) is 1. The van der Waals surface area contributed by atoms with E-state index in [2.05, 4.69) is 0 Å². The van der Waals surface area contributed by atoms with Gasteiger partial charge < -0.3 is 14.5 Å². The van der Waals surface area contributed by atoms with E-state index in [1.54, 1.807) is 20.8 Å². The zero-order chi connectivity index (χ0) is 4.50. The van der Waals surface area contributed by atoms with E-state index in [0.29, 0.717) is 0 Å². The van der Waals surface area contributed by atoms with Crippen molar-refractivity contribution in [2.75, 3.05) is 0 Å². The summed E-state index contributed by atoms with van der Waals surface area (Å²) in [5.41, 5.74) is -0.500. The average molecular weight is 136 g/mol. The van der Waals surface area contributed by atoms with Crippen molar-refractivity contribution in [3.8, 4) is 0 Å². The van der Waals surface area contributed by atoms with E-state index < -0.39 is 5.60 Å². The Morgan fingerprint density at radius 3 is 1.00 bits per heavy atom. The number of aliphatic hydroxyl groups is 1. The maximum absolute atomic E-state index is 8.52. The molecule has 0 saturated carbocycles. The van der Waals surface area contributed by atoms with Gasteiger partial charge in [-0.25, -0.2) is 0 Å². The Morgan fingerprint density at radius 2 is 1.00 bits per heavy atom. The summed E-state index contributed by atoms with van der Waals surface area (Å²) in [5, 5.41) is 8.52. The molecule has 0 aromatic rings. The van der Waals surface area contributed by atoms with Crippen LogP contribution in [-0.4, -0.2) is 33.8 Å². The van der Waals surface area contributed by atoms with Gasteiger partial charge >= 0.3 is 23.1 Å². The smallest absolute Gasteiger partial charge is 1.00 e. The van der Waals surface area contributed by atoms with E-state index in [-0.39, 0.29) is 32.5 Å². The average Bonchev–Trinajstić information content (AvgIpc) is 0.722. The molecule has 0 amide bonds. The molecule has 48 valence electrons. The second kappa shape index (κ2) is 7.59. The van der Waals surface area contributed by atoms with E-state index >= 15 is 0 Å². The Morgan fingerprint density at radius 1 is 1.00 bits per heavy atom. The molecular weight excluding hydrogens is 126 g/mol. The summed E-state index contributed by atoms with van der Waals surface area (Å²) in [6.07, 6.45) is 0. The third kappa shape index (κ3) is 598. The van der Waals surface area contributed by atoms with Gasteiger partial charge in [0.15, 0.2) is 0 Å². The van der Waals surface area contributed by atoms with E-state index in [1.165, 1.54) is 0 Å². The minimum atomic E-state index is -0.500. The van der Waals surface area contributed by atoms with Crippen molar-refractivity contribution in [3.63, 3.8) is 0 Å². The second-order valence-corrected chi connectivity index (χ2v) is 2.17. The third-order valence-corrected chi connectivity index (χ3v) is 0. The van der Waals surface area contributed by atoms with E-state index in [9.17, 15) is 0 Å². The second-order valence-electron chi connectivity index (χ2n) is 2.17. The van der Waals surface area contributed by atoms with Gasteiger partial charge in [0.25, 0.3) is 0 Å². The molecule has 0 aromatic carbocycles. The molecule has 0 unspecified atom stereocenters. The van der Waals surface area contributed by atoms with Crippen molar-refractivity contribution in [1.29, 1.82) is 0 Å². The molecule has 8 heavy (non-hydrogen) atoms. The SMILES string of the molecule is CC(C)(C)O.[F-].[F-].[Mg+2]. The monoisotopic (exact) mass is 136 g/mol. The van der Waals surface area contributed by atoms with Crippen LogP contribution in [0.5, 0.6) is 0 Å². The van der Waals surface area contributed by atoms with Crippen molar-refractivity contribution >= 4 is 23.1 Å². The summed E-state index contributed by atoms with van der Waals surface area (Å²) in [4.78, 5) is 0. The predicted molar refractivity (Wildman–Crippen MR) is 27.7 cm³/mol. The van der Waals surface area contributed by atoms with Crippen LogP contribution in [0.1, 0.15) is 20.8 Å². The van der Waals surface area contributed by atoms with Crippen LogP contribution in [0.25, 0.3) is 0 Å². The van der Waals surface area contributed by atoms with Crippen molar-refractivity contribution in [3.05, 3.63) is 0 Å². The molecule has 0 rings (SSSR count). The maximum Gasteiger partial charge on any atom is 2.00 e. The first-order valence-electron chi connectivity index (χ1n) is 1.72. The quantitative estimate of drug-likeness (QED) is 0.329. The molecule has 0 radical (unpaired) electrons. The Hall–Kier alpha value is 0.586. The first kappa shape index (κ1) is 23.5. The molecule has 0 saturated heterocycles. The molecule has 1 nitrogen and oxygen atoms in total. The molecule has 0 fully saturated rings. The van der Waals surface area contributed by atoms with Crippen molar-refractivity contribution in [2.45, 2.75) is 26.4 Å². The number of halogens is 2. The normalized spacial score (nSPS) is 7.50. The van der Waals surface area contributed by atoms with Gasteiger partial charge in [0.1, 0.15) is 0 Å². The molecule has 1 N–H and O–H groups in total. The summed E-state index contributed by atoms with van der Waals surface area (Å²) in [6.45, 7) is 5.23. The molecule has 0 spiro atoms. The fourth-order valence-electron chi connectivity index (χ4n) is 0. The summed E-state index contributed by atoms with van der Waals surface area (Å²) in [6, 6.07) is 0. The molecule has 4 heteroatoms. The van der Waals surface area contributed by atoms with Crippen LogP contribution in [0.4, 0.5) is 0 Å². The van der Waals surface area contributed by atoms with Crippen molar-refractivity contribution in [1.82, 2.24) is 0 Å². The molecular formula is C4H10F2MgO. The van der Waals surface area contributed by atoms with Gasteiger partial charge in [0.2, 0.25) is 0 Å². The third-order valence-electron chi connectivity index (χ3n) is 0. The van der Waals surface area contributed by atoms with E-state index in [0.717, 1.165) is 0 Å². The zero-order valence-corrected chi connectivity index (χ0v) is 6.82. The van der Waals surface area contributed by atoms with Gasteiger partial charge in [-0.3, -0.25) is 0 Å². The molecule has 0 aliphatic rings. The molecule has 0 aliphatic heterocycles. The van der Waals surface area contributed by atoms with Crippen LogP contribution in [-0.2, 0) is 0 Å². The van der Waals surface area contributed by atoms with Crippen LogP contribution in [0.2, 0.25) is 0 Å².